The molecule has 0 aromatic heterocycles. The molecule has 5 nitrogen and oxygen atoms in total. The van der Waals surface area contributed by atoms with Crippen LogP contribution in [0.5, 0.6) is 0 Å². The fourth-order valence-corrected chi connectivity index (χ4v) is 1.63. The lowest BCUT2D eigenvalue weighted by Crippen LogP contribution is -2.31. The predicted molar refractivity (Wildman–Crippen MR) is 68.5 cm³/mol. The van der Waals surface area contributed by atoms with E-state index in [1.807, 2.05) is 20.8 Å². The summed E-state index contributed by atoms with van der Waals surface area (Å²) in [6.45, 7) is 7.71. The SMILES string of the molecule is CCOP(OCC)OCC.O=C(CC(=O)C(F)(F)F)C(F)(F)F. The second-order valence-electron chi connectivity index (χ2n) is 3.50. The highest BCUT2D eigenvalue weighted by Gasteiger charge is 2.46. The zero-order valence-electron chi connectivity index (χ0n) is 12.6. The van der Waals surface area contributed by atoms with E-state index in [0.717, 1.165) is 0 Å². The summed E-state index contributed by atoms with van der Waals surface area (Å²) in [5.74, 6) is -5.40. The Kier molecular flexibility index (Phi) is 12.5. The topological polar surface area (TPSA) is 61.8 Å². The molecule has 0 rings (SSSR count). The molecule has 23 heavy (non-hydrogen) atoms. The van der Waals surface area contributed by atoms with Crippen molar-refractivity contribution in [2.75, 3.05) is 19.8 Å². The minimum absolute atomic E-state index is 0.645. The maximum atomic E-state index is 11.3. The van der Waals surface area contributed by atoms with Crippen molar-refractivity contribution in [1.82, 2.24) is 0 Å². The normalized spacial score (nSPS) is 11.9. The van der Waals surface area contributed by atoms with Gasteiger partial charge in [0.25, 0.3) is 0 Å². The Morgan fingerprint density at radius 1 is 0.739 bits per heavy atom. The molecule has 0 amide bonds. The molecule has 0 unspecified atom stereocenters. The number of hydrogen-bond donors (Lipinski definition) is 0. The van der Waals surface area contributed by atoms with Crippen LogP contribution in [0.15, 0.2) is 0 Å². The lowest BCUT2D eigenvalue weighted by Gasteiger charge is -2.12. The Morgan fingerprint density at radius 3 is 1.17 bits per heavy atom. The van der Waals surface area contributed by atoms with Crippen LogP contribution < -0.4 is 0 Å². The first kappa shape index (κ1) is 24.5. The number of alkyl halides is 6. The van der Waals surface area contributed by atoms with Gasteiger partial charge in [-0.15, -0.1) is 0 Å². The van der Waals surface area contributed by atoms with E-state index in [0.29, 0.717) is 19.8 Å². The number of carbonyl (C=O) groups excluding carboxylic acids is 2. The maximum absolute atomic E-state index is 11.3. The van der Waals surface area contributed by atoms with Gasteiger partial charge in [0, 0.05) is 0 Å². The summed E-state index contributed by atoms with van der Waals surface area (Å²) in [5.41, 5.74) is 0. The summed E-state index contributed by atoms with van der Waals surface area (Å²) in [7, 11) is -1.06. The van der Waals surface area contributed by atoms with Crippen molar-refractivity contribution in [1.29, 1.82) is 0 Å². The first-order valence-corrected chi connectivity index (χ1v) is 7.38. The van der Waals surface area contributed by atoms with Crippen LogP contribution in [0.3, 0.4) is 0 Å². The molecule has 0 spiro atoms. The van der Waals surface area contributed by atoms with E-state index in [2.05, 4.69) is 0 Å². The minimum Gasteiger partial charge on any atom is -0.313 e. The maximum Gasteiger partial charge on any atom is 0.450 e. The largest absolute Gasteiger partial charge is 0.450 e. The highest BCUT2D eigenvalue weighted by molar-refractivity contribution is 7.41. The monoisotopic (exact) mass is 374 g/mol. The van der Waals surface area contributed by atoms with E-state index in [9.17, 15) is 35.9 Å². The van der Waals surface area contributed by atoms with Crippen molar-refractivity contribution in [2.45, 2.75) is 39.5 Å². The molecule has 0 N–H and O–H groups in total. The van der Waals surface area contributed by atoms with Gasteiger partial charge in [-0.05, 0) is 20.8 Å². The minimum atomic E-state index is -5.40. The predicted octanol–water partition coefficient (Wildman–Crippen LogP) is 3.96. The van der Waals surface area contributed by atoms with Crippen molar-refractivity contribution in [3.63, 3.8) is 0 Å². The van der Waals surface area contributed by atoms with E-state index in [1.54, 1.807) is 0 Å². The molecule has 0 fully saturated rings. The number of ketones is 2. The molecule has 0 aromatic rings. The first-order chi connectivity index (χ1) is 10.4. The zero-order chi connectivity index (χ0) is 18.7. The molecule has 138 valence electrons. The van der Waals surface area contributed by atoms with Crippen molar-refractivity contribution in [3.05, 3.63) is 0 Å². The van der Waals surface area contributed by atoms with Gasteiger partial charge in [-0.1, -0.05) is 0 Å². The summed E-state index contributed by atoms with van der Waals surface area (Å²) in [6.07, 6.45) is -13.0. The van der Waals surface area contributed by atoms with Crippen LogP contribution in [0.1, 0.15) is 27.2 Å². The molecule has 0 atom stereocenters. The van der Waals surface area contributed by atoms with Crippen LogP contribution in [0.2, 0.25) is 0 Å². The second kappa shape index (κ2) is 11.7. The molecular formula is C11H17F6O5P. The molecule has 0 saturated heterocycles. The van der Waals surface area contributed by atoms with Crippen LogP contribution in [-0.4, -0.2) is 43.7 Å². The number of rotatable bonds is 8. The molecular weight excluding hydrogens is 357 g/mol. The van der Waals surface area contributed by atoms with Gasteiger partial charge in [-0.25, -0.2) is 0 Å². The van der Waals surface area contributed by atoms with Gasteiger partial charge in [-0.3, -0.25) is 9.59 Å². The average Bonchev–Trinajstić information content (AvgIpc) is 2.38. The average molecular weight is 374 g/mol. The lowest BCUT2D eigenvalue weighted by molar-refractivity contribution is -0.182. The van der Waals surface area contributed by atoms with Crippen LogP contribution in [0.25, 0.3) is 0 Å². The van der Waals surface area contributed by atoms with Crippen molar-refractivity contribution >= 4 is 20.2 Å². The number of Topliss-reactive ketones (excluding diaryl/α,β-unsaturated/α-hetero) is 2. The van der Waals surface area contributed by atoms with E-state index < -0.39 is 38.9 Å². The van der Waals surface area contributed by atoms with Gasteiger partial charge in [0.1, 0.15) is 0 Å². The Bertz CT molecular complexity index is 320. The van der Waals surface area contributed by atoms with Gasteiger partial charge < -0.3 is 13.6 Å². The number of hydrogen-bond acceptors (Lipinski definition) is 5. The molecule has 0 saturated carbocycles. The van der Waals surface area contributed by atoms with Gasteiger partial charge in [0.15, 0.2) is 0 Å². The third-order valence-corrected chi connectivity index (χ3v) is 3.06. The van der Waals surface area contributed by atoms with Crippen molar-refractivity contribution < 1.29 is 49.5 Å². The van der Waals surface area contributed by atoms with Crippen molar-refractivity contribution in [3.8, 4) is 0 Å². The molecule has 0 bridgehead atoms. The number of halogens is 6. The summed E-state index contributed by atoms with van der Waals surface area (Å²) >= 11 is 0. The first-order valence-electron chi connectivity index (χ1n) is 6.28. The fourth-order valence-electron chi connectivity index (χ4n) is 0.774. The van der Waals surface area contributed by atoms with Crippen LogP contribution in [-0.2, 0) is 23.2 Å². The quantitative estimate of drug-likeness (QED) is 0.366. The molecule has 0 aliphatic rings. The molecule has 0 aromatic carbocycles. The Hall–Kier alpha value is -0.770. The molecule has 0 radical (unpaired) electrons. The smallest absolute Gasteiger partial charge is 0.313 e. The summed E-state index contributed by atoms with van der Waals surface area (Å²) in [5, 5.41) is 0. The van der Waals surface area contributed by atoms with Gasteiger partial charge in [0.05, 0.1) is 26.2 Å². The molecule has 0 aliphatic carbocycles. The third kappa shape index (κ3) is 13.4. The summed E-state index contributed by atoms with van der Waals surface area (Å²) in [4.78, 5) is 19.8. The standard InChI is InChI=1S/C6H15O3P.C5H2F6O2/c1-4-7-10(8-5-2)9-6-3;6-4(7,8)2(12)1-3(13)5(9,10)11/h4-6H2,1-3H3;1H2. The van der Waals surface area contributed by atoms with Gasteiger partial charge in [-0.2, -0.15) is 26.3 Å². The Labute approximate surface area is 130 Å². The number of carbonyl (C=O) groups is 2. The van der Waals surface area contributed by atoms with Crippen LogP contribution in [0, 0.1) is 0 Å². The zero-order valence-corrected chi connectivity index (χ0v) is 13.5. The van der Waals surface area contributed by atoms with Crippen LogP contribution >= 0.6 is 8.60 Å². The molecule has 0 heterocycles. The molecule has 0 aliphatic heterocycles. The highest BCUT2D eigenvalue weighted by atomic mass is 31.2. The molecule has 12 heteroatoms. The third-order valence-electron chi connectivity index (χ3n) is 1.66. The highest BCUT2D eigenvalue weighted by Crippen LogP contribution is 2.38. The van der Waals surface area contributed by atoms with E-state index in [4.69, 9.17) is 13.6 Å². The summed E-state index contributed by atoms with van der Waals surface area (Å²) < 4.78 is 83.4. The Balaban J connectivity index is 0. The summed E-state index contributed by atoms with van der Waals surface area (Å²) in [6, 6.07) is 0. The van der Waals surface area contributed by atoms with Crippen molar-refractivity contribution in [2.24, 2.45) is 0 Å². The van der Waals surface area contributed by atoms with Crippen LogP contribution in [0.4, 0.5) is 26.3 Å². The van der Waals surface area contributed by atoms with E-state index in [-0.39, 0.29) is 0 Å². The lowest BCUT2D eigenvalue weighted by atomic mass is 10.2. The van der Waals surface area contributed by atoms with Gasteiger partial charge >= 0.3 is 21.0 Å². The van der Waals surface area contributed by atoms with E-state index >= 15 is 0 Å². The fraction of sp³-hybridized carbons (Fsp3) is 0.818. The van der Waals surface area contributed by atoms with E-state index in [1.165, 1.54) is 0 Å². The Morgan fingerprint density at radius 2 is 1.00 bits per heavy atom. The van der Waals surface area contributed by atoms with Gasteiger partial charge in [0.2, 0.25) is 11.6 Å². The second-order valence-corrected chi connectivity index (χ2v) is 4.72.